The van der Waals surface area contributed by atoms with E-state index in [4.69, 9.17) is 9.97 Å². The first-order valence-corrected chi connectivity index (χ1v) is 24.5. The summed E-state index contributed by atoms with van der Waals surface area (Å²) in [5.74, 6) is 0.701. The van der Waals surface area contributed by atoms with Gasteiger partial charge in [-0.25, -0.2) is 9.97 Å². The maximum absolute atomic E-state index is 5.11. The van der Waals surface area contributed by atoms with Gasteiger partial charge in [-0.15, -0.1) is 23.1 Å². The van der Waals surface area contributed by atoms with Crippen LogP contribution in [0.15, 0.2) is 237 Å². The second-order valence-corrected chi connectivity index (χ2v) is 19.5. The highest BCUT2D eigenvalue weighted by Gasteiger charge is 2.46. The number of nitrogens with zero attached hydrogens (tertiary/aromatic N) is 4. The molecule has 3 aromatic heterocycles. The average molecular weight is 895 g/mol. The summed E-state index contributed by atoms with van der Waals surface area (Å²) in [6.07, 6.45) is 7.29. The second-order valence-electron chi connectivity index (χ2n) is 17.2. The monoisotopic (exact) mass is 894 g/mol. The Kier molecular flexibility index (Phi) is 9.62. The summed E-state index contributed by atoms with van der Waals surface area (Å²) < 4.78 is 2.43. The molecule has 0 bridgehead atoms. The Morgan fingerprint density at radius 1 is 0.507 bits per heavy atom. The Bertz CT molecular complexity index is 3600. The maximum atomic E-state index is 5.11. The SMILES string of the molecule is C1=C(c2ccccc2)SC(N(c2cnc(-c3ccc4c(c3)c3ccccc3n4-c3ccc4c(c3)C(c3ccccc3)(c3ccccc3)c3ccccc3-4)nc2)c2ccc(-c3ccccc3)s2)C1. The Balaban J connectivity index is 0.898. The highest BCUT2D eigenvalue weighted by Crippen LogP contribution is 2.57. The molecule has 13 rings (SSSR count). The first kappa shape index (κ1) is 39.6. The molecule has 0 saturated carbocycles. The quantitative estimate of drug-likeness (QED) is 0.145. The van der Waals surface area contributed by atoms with Gasteiger partial charge >= 0.3 is 0 Å². The molecular formula is C61H42N4S2. The molecule has 1 aliphatic carbocycles. The Morgan fingerprint density at radius 2 is 1.13 bits per heavy atom. The van der Waals surface area contributed by atoms with Crippen LogP contribution in [0.4, 0.5) is 10.7 Å². The molecule has 0 N–H and O–H groups in total. The van der Waals surface area contributed by atoms with Gasteiger partial charge in [0.15, 0.2) is 5.82 Å². The van der Waals surface area contributed by atoms with Crippen molar-refractivity contribution < 1.29 is 0 Å². The zero-order chi connectivity index (χ0) is 44.3. The second kappa shape index (κ2) is 16.3. The van der Waals surface area contributed by atoms with Crippen LogP contribution in [-0.2, 0) is 5.41 Å². The number of aromatic nitrogens is 3. The predicted octanol–water partition coefficient (Wildman–Crippen LogP) is 16.0. The summed E-state index contributed by atoms with van der Waals surface area (Å²) in [7, 11) is 0. The molecule has 1 unspecified atom stereocenters. The predicted molar refractivity (Wildman–Crippen MR) is 281 cm³/mol. The zero-order valence-electron chi connectivity index (χ0n) is 36.4. The van der Waals surface area contributed by atoms with Crippen LogP contribution in [0.1, 0.15) is 34.2 Å². The number of thioether (sulfide) groups is 1. The largest absolute Gasteiger partial charge is 0.317 e. The number of rotatable bonds is 9. The van der Waals surface area contributed by atoms with Gasteiger partial charge < -0.3 is 9.47 Å². The van der Waals surface area contributed by atoms with Crippen LogP contribution in [-0.4, -0.2) is 19.9 Å². The highest BCUT2D eigenvalue weighted by atomic mass is 32.2. The standard InChI is InChI=1S/C61H42N4S2/c1-5-17-41(18-6-1)56-33-35-58(66-56)65(59-36-34-57(67-59)42-19-7-2-8-20-42)47-39-62-60(63-40-47)43-29-32-55-51(37-43)50-26-14-16-28-54(50)64(55)46-30-31-49-48-25-13-15-27-52(48)61(53(49)38-46,44-21-9-3-10-22-44)45-23-11-4-12-24-45/h1-35,37-40,59H,36H2. The van der Waals surface area contributed by atoms with Gasteiger partial charge in [0.2, 0.25) is 0 Å². The van der Waals surface area contributed by atoms with E-state index < -0.39 is 5.41 Å². The van der Waals surface area contributed by atoms with Crippen LogP contribution in [0.3, 0.4) is 0 Å². The molecule has 1 atom stereocenters. The first-order chi connectivity index (χ1) is 33.2. The van der Waals surface area contributed by atoms with E-state index in [0.717, 1.165) is 39.8 Å². The Labute approximate surface area is 398 Å². The third-order valence-electron chi connectivity index (χ3n) is 13.5. The lowest BCUT2D eigenvalue weighted by Crippen LogP contribution is -2.28. The van der Waals surface area contributed by atoms with Gasteiger partial charge in [0.05, 0.1) is 44.9 Å². The van der Waals surface area contributed by atoms with Crippen LogP contribution in [0.5, 0.6) is 0 Å². The molecule has 6 heteroatoms. The summed E-state index contributed by atoms with van der Waals surface area (Å²) >= 11 is 3.72. The normalized spacial score (nSPS) is 14.8. The van der Waals surface area contributed by atoms with E-state index in [9.17, 15) is 0 Å². The lowest BCUT2D eigenvalue weighted by Gasteiger charge is -2.34. The van der Waals surface area contributed by atoms with Crippen LogP contribution in [0, 0.1) is 0 Å². The molecule has 1 aliphatic heterocycles. The molecule has 2 aliphatic rings. The minimum absolute atomic E-state index is 0.160. The van der Waals surface area contributed by atoms with Crippen molar-refractivity contribution in [3.8, 4) is 38.6 Å². The summed E-state index contributed by atoms with van der Waals surface area (Å²) in [5.41, 5.74) is 15.0. The van der Waals surface area contributed by atoms with Crippen LogP contribution < -0.4 is 4.90 Å². The molecule has 8 aromatic carbocycles. The van der Waals surface area contributed by atoms with Crippen LogP contribution >= 0.6 is 23.1 Å². The molecule has 0 amide bonds. The van der Waals surface area contributed by atoms with Crippen molar-refractivity contribution in [2.24, 2.45) is 0 Å². The molecule has 318 valence electrons. The number of thiophene rings is 1. The number of anilines is 2. The molecule has 4 heterocycles. The van der Waals surface area contributed by atoms with Crippen molar-refractivity contribution in [1.82, 2.24) is 14.5 Å². The highest BCUT2D eigenvalue weighted by molar-refractivity contribution is 8.09. The van der Waals surface area contributed by atoms with Crippen molar-refractivity contribution in [1.29, 1.82) is 0 Å². The number of hydrogen-bond acceptors (Lipinski definition) is 5. The number of benzene rings is 8. The van der Waals surface area contributed by atoms with Crippen molar-refractivity contribution in [2.45, 2.75) is 17.2 Å². The molecule has 0 fully saturated rings. The molecule has 0 spiro atoms. The third-order valence-corrected chi connectivity index (χ3v) is 16.0. The van der Waals surface area contributed by atoms with Gasteiger partial charge in [-0.1, -0.05) is 176 Å². The smallest absolute Gasteiger partial charge is 0.159 e. The zero-order valence-corrected chi connectivity index (χ0v) is 38.0. The summed E-state index contributed by atoms with van der Waals surface area (Å²) in [5, 5.41) is 3.69. The Hall–Kier alpha value is -7.77. The van der Waals surface area contributed by atoms with Gasteiger partial charge in [-0.2, -0.15) is 0 Å². The average Bonchev–Trinajstić information content (AvgIpc) is 4.22. The van der Waals surface area contributed by atoms with E-state index in [1.165, 1.54) is 64.7 Å². The van der Waals surface area contributed by atoms with Crippen molar-refractivity contribution in [3.63, 3.8) is 0 Å². The molecular weight excluding hydrogens is 853 g/mol. The van der Waals surface area contributed by atoms with Crippen molar-refractivity contribution >= 4 is 60.5 Å². The van der Waals surface area contributed by atoms with Crippen molar-refractivity contribution in [3.05, 3.63) is 265 Å². The molecule has 11 aromatic rings. The topological polar surface area (TPSA) is 34.0 Å². The van der Waals surface area contributed by atoms with Gasteiger partial charge in [0, 0.05) is 31.8 Å². The van der Waals surface area contributed by atoms with Crippen molar-refractivity contribution in [2.75, 3.05) is 4.90 Å². The fourth-order valence-electron chi connectivity index (χ4n) is 10.6. The van der Waals surface area contributed by atoms with E-state index in [1.54, 1.807) is 0 Å². The van der Waals surface area contributed by atoms with E-state index >= 15 is 0 Å². The van der Waals surface area contributed by atoms with E-state index in [2.05, 4.69) is 234 Å². The van der Waals surface area contributed by atoms with Gasteiger partial charge in [0.1, 0.15) is 0 Å². The fourth-order valence-corrected chi connectivity index (χ4v) is 13.0. The summed E-state index contributed by atoms with van der Waals surface area (Å²) in [6, 6.07) is 79.4. The van der Waals surface area contributed by atoms with E-state index in [1.807, 2.05) is 35.5 Å². The number of para-hydroxylation sites is 1. The van der Waals surface area contributed by atoms with Crippen LogP contribution in [0.2, 0.25) is 0 Å². The Morgan fingerprint density at radius 3 is 1.88 bits per heavy atom. The molecule has 0 radical (unpaired) electrons. The van der Waals surface area contributed by atoms with E-state index in [-0.39, 0.29) is 5.37 Å². The number of hydrogen-bond donors (Lipinski definition) is 0. The minimum atomic E-state index is -0.486. The lowest BCUT2D eigenvalue weighted by atomic mass is 9.67. The van der Waals surface area contributed by atoms with Gasteiger partial charge in [-0.05, 0) is 99.5 Å². The summed E-state index contributed by atoms with van der Waals surface area (Å²) in [4.78, 5) is 15.2. The molecule has 4 nitrogen and oxygen atoms in total. The maximum Gasteiger partial charge on any atom is 0.159 e. The lowest BCUT2D eigenvalue weighted by molar-refractivity contribution is 0.767. The molecule has 0 saturated heterocycles. The van der Waals surface area contributed by atoms with Crippen LogP contribution in [0.25, 0.3) is 65.4 Å². The fraction of sp³-hybridized carbons (Fsp3) is 0.0492. The number of fused-ring (bicyclic) bond motifs is 6. The molecule has 67 heavy (non-hydrogen) atoms. The first-order valence-electron chi connectivity index (χ1n) is 22.8. The third kappa shape index (κ3) is 6.51. The van der Waals surface area contributed by atoms with E-state index in [0.29, 0.717) is 5.82 Å². The van der Waals surface area contributed by atoms with Gasteiger partial charge in [0.25, 0.3) is 0 Å². The summed E-state index contributed by atoms with van der Waals surface area (Å²) in [6.45, 7) is 0. The van der Waals surface area contributed by atoms with Gasteiger partial charge in [-0.3, -0.25) is 0 Å². The minimum Gasteiger partial charge on any atom is -0.317 e.